The van der Waals surface area contributed by atoms with Crippen LogP contribution >= 0.6 is 0 Å². The Hall–Kier alpha value is -2.83. The summed E-state index contributed by atoms with van der Waals surface area (Å²) in [5.41, 5.74) is 2.49. The van der Waals surface area contributed by atoms with Gasteiger partial charge in [0.25, 0.3) is 5.91 Å². The third-order valence-corrected chi connectivity index (χ3v) is 6.00. The second-order valence-corrected chi connectivity index (χ2v) is 7.94. The summed E-state index contributed by atoms with van der Waals surface area (Å²) in [6.07, 6.45) is -5.30. The lowest BCUT2D eigenvalue weighted by atomic mass is 9.82. The van der Waals surface area contributed by atoms with E-state index in [1.54, 1.807) is 9.80 Å². The molecule has 0 aliphatic carbocycles. The molecule has 2 fully saturated rings. The fraction of sp³-hybridized carbons (Fsp3) is 0.391. The molecular formula is C23H23F3N2O2. The Balaban J connectivity index is 1.40. The molecule has 2 aromatic rings. The van der Waals surface area contributed by atoms with Crippen LogP contribution in [0.2, 0.25) is 0 Å². The van der Waals surface area contributed by atoms with E-state index in [-0.39, 0.29) is 17.9 Å². The average molecular weight is 416 g/mol. The van der Waals surface area contributed by atoms with Gasteiger partial charge in [-0.1, -0.05) is 48.5 Å². The number of amides is 2. The number of alkyl halides is 3. The minimum atomic E-state index is -4.32. The Labute approximate surface area is 173 Å². The van der Waals surface area contributed by atoms with Crippen molar-refractivity contribution < 1.29 is 22.8 Å². The summed E-state index contributed by atoms with van der Waals surface area (Å²) in [6, 6.07) is 17.2. The molecule has 4 nitrogen and oxygen atoms in total. The summed E-state index contributed by atoms with van der Waals surface area (Å²) in [6.45, 7) is 1.44. The highest BCUT2D eigenvalue weighted by Crippen LogP contribution is 2.35. The average Bonchev–Trinajstić information content (AvgIpc) is 2.72. The number of fused-ring (bicyclic) bond motifs is 1. The molecule has 2 aliphatic heterocycles. The number of hydrogen-bond acceptors (Lipinski definition) is 2. The van der Waals surface area contributed by atoms with Gasteiger partial charge < -0.3 is 9.80 Å². The molecule has 0 saturated carbocycles. The Morgan fingerprint density at radius 1 is 0.967 bits per heavy atom. The molecule has 0 aromatic heterocycles. The van der Waals surface area contributed by atoms with Gasteiger partial charge in [-0.3, -0.25) is 9.59 Å². The Morgan fingerprint density at radius 3 is 2.37 bits per heavy atom. The van der Waals surface area contributed by atoms with Gasteiger partial charge in [0.15, 0.2) is 0 Å². The molecule has 2 heterocycles. The SMILES string of the molecule is O=C(c1ccccc1-c1ccccc1)N1CC[C@H]2[C@@H](C1)CN2C(=O)CCC(F)(F)F. The Morgan fingerprint density at radius 2 is 1.67 bits per heavy atom. The van der Waals surface area contributed by atoms with Gasteiger partial charge in [-0.15, -0.1) is 0 Å². The molecule has 2 amide bonds. The topological polar surface area (TPSA) is 40.6 Å². The van der Waals surface area contributed by atoms with Crippen molar-refractivity contribution in [2.24, 2.45) is 5.92 Å². The lowest BCUT2D eigenvalue weighted by Crippen LogP contribution is -2.65. The van der Waals surface area contributed by atoms with Crippen molar-refractivity contribution in [3.05, 3.63) is 60.2 Å². The zero-order valence-corrected chi connectivity index (χ0v) is 16.4. The van der Waals surface area contributed by atoms with E-state index in [2.05, 4.69) is 0 Å². The van der Waals surface area contributed by atoms with Crippen molar-refractivity contribution >= 4 is 11.8 Å². The van der Waals surface area contributed by atoms with Crippen molar-refractivity contribution in [2.75, 3.05) is 19.6 Å². The molecule has 0 spiro atoms. The molecule has 7 heteroatoms. The predicted octanol–water partition coefficient (Wildman–Crippen LogP) is 4.37. The normalized spacial score (nSPS) is 21.0. The zero-order valence-electron chi connectivity index (χ0n) is 16.4. The molecule has 0 bridgehead atoms. The van der Waals surface area contributed by atoms with Crippen LogP contribution in [0.25, 0.3) is 11.1 Å². The fourth-order valence-electron chi connectivity index (χ4n) is 4.43. The summed E-state index contributed by atoms with van der Waals surface area (Å²) >= 11 is 0. The molecule has 2 aromatic carbocycles. The summed E-state index contributed by atoms with van der Waals surface area (Å²) in [5.74, 6) is -0.362. The molecule has 0 N–H and O–H groups in total. The van der Waals surface area contributed by atoms with Crippen molar-refractivity contribution in [3.63, 3.8) is 0 Å². The predicted molar refractivity (Wildman–Crippen MR) is 107 cm³/mol. The number of halogens is 3. The second-order valence-electron chi connectivity index (χ2n) is 7.94. The van der Waals surface area contributed by atoms with Crippen LogP contribution in [0.5, 0.6) is 0 Å². The van der Waals surface area contributed by atoms with E-state index in [9.17, 15) is 22.8 Å². The Kier molecular flexibility index (Phi) is 5.54. The maximum absolute atomic E-state index is 13.2. The van der Waals surface area contributed by atoms with E-state index < -0.39 is 24.9 Å². The molecule has 0 radical (unpaired) electrons. The number of likely N-dealkylation sites (tertiary alicyclic amines) is 2. The van der Waals surface area contributed by atoms with Crippen LogP contribution in [-0.4, -0.2) is 53.5 Å². The molecule has 0 unspecified atom stereocenters. The smallest absolute Gasteiger partial charge is 0.339 e. The van der Waals surface area contributed by atoms with Gasteiger partial charge in [0.05, 0.1) is 6.42 Å². The summed E-state index contributed by atoms with van der Waals surface area (Å²) in [5, 5.41) is 0. The highest BCUT2D eigenvalue weighted by atomic mass is 19.4. The van der Waals surface area contributed by atoms with Gasteiger partial charge in [-0.05, 0) is 23.6 Å². The number of hydrogen-bond donors (Lipinski definition) is 0. The first kappa shape index (κ1) is 20.4. The van der Waals surface area contributed by atoms with E-state index in [1.807, 2.05) is 54.6 Å². The van der Waals surface area contributed by atoms with Crippen LogP contribution in [-0.2, 0) is 4.79 Å². The molecule has 2 aliphatic rings. The highest BCUT2D eigenvalue weighted by Gasteiger charge is 2.46. The quantitative estimate of drug-likeness (QED) is 0.743. The lowest BCUT2D eigenvalue weighted by molar-refractivity contribution is -0.159. The van der Waals surface area contributed by atoms with E-state index in [1.165, 1.54) is 0 Å². The van der Waals surface area contributed by atoms with Gasteiger partial charge in [-0.2, -0.15) is 13.2 Å². The van der Waals surface area contributed by atoms with Crippen LogP contribution in [0.4, 0.5) is 13.2 Å². The third-order valence-electron chi connectivity index (χ3n) is 6.00. The third kappa shape index (κ3) is 4.20. The number of benzene rings is 2. The first-order chi connectivity index (χ1) is 14.3. The number of piperidine rings is 1. The highest BCUT2D eigenvalue weighted by molar-refractivity contribution is 6.01. The van der Waals surface area contributed by atoms with Gasteiger partial charge in [0, 0.05) is 43.6 Å². The van der Waals surface area contributed by atoms with Crippen LogP contribution in [0.1, 0.15) is 29.6 Å². The first-order valence-electron chi connectivity index (χ1n) is 10.1. The summed E-state index contributed by atoms with van der Waals surface area (Å²) in [7, 11) is 0. The van der Waals surface area contributed by atoms with E-state index in [4.69, 9.17) is 0 Å². The molecule has 4 rings (SSSR count). The van der Waals surface area contributed by atoms with Gasteiger partial charge in [0.2, 0.25) is 5.91 Å². The lowest BCUT2D eigenvalue weighted by Gasteiger charge is -2.53. The molecule has 2 atom stereocenters. The van der Waals surface area contributed by atoms with E-state index >= 15 is 0 Å². The summed E-state index contributed by atoms with van der Waals surface area (Å²) in [4.78, 5) is 28.7. The van der Waals surface area contributed by atoms with E-state index in [0.717, 1.165) is 11.1 Å². The standard InChI is InChI=1S/C23H23F3N2O2/c24-23(25,26)12-10-21(29)28-15-17-14-27(13-11-20(17)28)22(30)19-9-5-4-8-18(19)16-6-2-1-3-7-16/h1-9,17,20H,10-15H2/t17-,20-/m0/s1. The van der Waals surface area contributed by atoms with Crippen LogP contribution < -0.4 is 0 Å². The first-order valence-corrected chi connectivity index (χ1v) is 10.1. The number of nitrogens with zero attached hydrogens (tertiary/aromatic N) is 2. The van der Waals surface area contributed by atoms with Crippen molar-refractivity contribution in [2.45, 2.75) is 31.5 Å². The second kappa shape index (κ2) is 8.13. The van der Waals surface area contributed by atoms with Crippen LogP contribution in [0.15, 0.2) is 54.6 Å². The molecule has 158 valence electrons. The number of carbonyl (C=O) groups excluding carboxylic acids is 2. The van der Waals surface area contributed by atoms with Crippen LogP contribution in [0, 0.1) is 5.92 Å². The molecule has 30 heavy (non-hydrogen) atoms. The summed E-state index contributed by atoms with van der Waals surface area (Å²) < 4.78 is 37.1. The maximum atomic E-state index is 13.2. The zero-order chi connectivity index (χ0) is 21.3. The number of rotatable bonds is 4. The van der Waals surface area contributed by atoms with Gasteiger partial charge in [0.1, 0.15) is 0 Å². The molecule has 2 saturated heterocycles. The van der Waals surface area contributed by atoms with Crippen LogP contribution in [0.3, 0.4) is 0 Å². The molecular weight excluding hydrogens is 393 g/mol. The monoisotopic (exact) mass is 416 g/mol. The van der Waals surface area contributed by atoms with Crippen molar-refractivity contribution in [1.82, 2.24) is 9.80 Å². The van der Waals surface area contributed by atoms with Crippen molar-refractivity contribution in [3.8, 4) is 11.1 Å². The fourth-order valence-corrected chi connectivity index (χ4v) is 4.43. The Bertz CT molecular complexity index is 930. The van der Waals surface area contributed by atoms with Gasteiger partial charge in [-0.25, -0.2) is 0 Å². The minimum absolute atomic E-state index is 0.0465. The minimum Gasteiger partial charge on any atom is -0.339 e. The largest absolute Gasteiger partial charge is 0.389 e. The van der Waals surface area contributed by atoms with Gasteiger partial charge >= 0.3 is 6.18 Å². The van der Waals surface area contributed by atoms with E-state index in [0.29, 0.717) is 31.6 Å². The maximum Gasteiger partial charge on any atom is 0.389 e. The van der Waals surface area contributed by atoms with Crippen molar-refractivity contribution in [1.29, 1.82) is 0 Å². The number of carbonyl (C=O) groups is 2.